The predicted octanol–water partition coefficient (Wildman–Crippen LogP) is 2.08. The maximum Gasteiger partial charge on any atom is 0.289 e. The third-order valence-electron chi connectivity index (χ3n) is 3.22. The summed E-state index contributed by atoms with van der Waals surface area (Å²) in [6.45, 7) is 3.67. The van der Waals surface area contributed by atoms with Gasteiger partial charge in [-0.05, 0) is 25.3 Å². The van der Waals surface area contributed by atoms with Gasteiger partial charge in [-0.3, -0.25) is 10.1 Å². The molecule has 1 aromatic rings. The molecular formula is C12H16N2O4S. The van der Waals surface area contributed by atoms with Crippen molar-refractivity contribution in [1.82, 2.24) is 4.31 Å². The molecule has 2 rings (SSSR count). The van der Waals surface area contributed by atoms with E-state index in [1.165, 1.54) is 16.4 Å². The standard InChI is InChI=1S/C12H16N2O4S/c1-3-13(10-7-8-10)19(17,18)12-9(2)5-4-6-11(12)14(15)16/h4-6,10H,3,7-8H2,1-2H3. The molecule has 0 amide bonds. The van der Waals surface area contributed by atoms with Gasteiger partial charge < -0.3 is 0 Å². The maximum atomic E-state index is 12.6. The summed E-state index contributed by atoms with van der Waals surface area (Å²) in [5.41, 5.74) is 0.0624. The van der Waals surface area contributed by atoms with Crippen molar-refractivity contribution in [2.45, 2.75) is 37.6 Å². The highest BCUT2D eigenvalue weighted by molar-refractivity contribution is 7.89. The van der Waals surface area contributed by atoms with Crippen LogP contribution in [0.25, 0.3) is 0 Å². The molecule has 0 unspecified atom stereocenters. The van der Waals surface area contributed by atoms with Gasteiger partial charge in [-0.1, -0.05) is 19.1 Å². The summed E-state index contributed by atoms with van der Waals surface area (Å²) in [5, 5.41) is 11.0. The van der Waals surface area contributed by atoms with Crippen LogP contribution in [0.3, 0.4) is 0 Å². The number of aryl methyl sites for hydroxylation is 1. The molecule has 7 heteroatoms. The van der Waals surface area contributed by atoms with Crippen molar-refractivity contribution in [3.63, 3.8) is 0 Å². The van der Waals surface area contributed by atoms with Crippen molar-refractivity contribution in [2.24, 2.45) is 0 Å². The number of benzene rings is 1. The molecule has 0 radical (unpaired) electrons. The molecule has 0 atom stereocenters. The predicted molar refractivity (Wildman–Crippen MR) is 70.4 cm³/mol. The van der Waals surface area contributed by atoms with Crippen LogP contribution >= 0.6 is 0 Å². The minimum absolute atomic E-state index is 0.00536. The summed E-state index contributed by atoms with van der Waals surface area (Å²) >= 11 is 0. The molecule has 0 heterocycles. The van der Waals surface area contributed by atoms with Crippen LogP contribution in [-0.4, -0.2) is 30.2 Å². The van der Waals surface area contributed by atoms with Crippen LogP contribution in [0.2, 0.25) is 0 Å². The fourth-order valence-electron chi connectivity index (χ4n) is 2.22. The van der Waals surface area contributed by atoms with Gasteiger partial charge in [-0.2, -0.15) is 4.31 Å². The molecule has 1 aromatic carbocycles. The minimum atomic E-state index is -3.80. The second kappa shape index (κ2) is 4.90. The highest BCUT2D eigenvalue weighted by Gasteiger charge is 2.40. The molecule has 19 heavy (non-hydrogen) atoms. The lowest BCUT2D eigenvalue weighted by molar-refractivity contribution is -0.387. The summed E-state index contributed by atoms with van der Waals surface area (Å²) in [7, 11) is -3.80. The van der Waals surface area contributed by atoms with Crippen molar-refractivity contribution < 1.29 is 13.3 Å². The van der Waals surface area contributed by atoms with E-state index in [9.17, 15) is 18.5 Å². The van der Waals surface area contributed by atoms with Crippen molar-refractivity contribution in [1.29, 1.82) is 0 Å². The highest BCUT2D eigenvalue weighted by atomic mass is 32.2. The number of hydrogen-bond acceptors (Lipinski definition) is 4. The Morgan fingerprint density at radius 1 is 1.42 bits per heavy atom. The zero-order valence-corrected chi connectivity index (χ0v) is 11.7. The van der Waals surface area contributed by atoms with E-state index in [-0.39, 0.29) is 16.6 Å². The van der Waals surface area contributed by atoms with Gasteiger partial charge in [0.25, 0.3) is 5.69 Å². The monoisotopic (exact) mass is 284 g/mol. The molecule has 0 N–H and O–H groups in total. The van der Waals surface area contributed by atoms with Gasteiger partial charge in [-0.15, -0.1) is 0 Å². The van der Waals surface area contributed by atoms with Crippen LogP contribution in [-0.2, 0) is 10.0 Å². The summed E-state index contributed by atoms with van der Waals surface area (Å²) in [4.78, 5) is 10.2. The molecule has 0 spiro atoms. The van der Waals surface area contributed by atoms with Crippen LogP contribution in [0.1, 0.15) is 25.3 Å². The Hall–Kier alpha value is -1.47. The van der Waals surface area contributed by atoms with Crippen LogP contribution in [0.15, 0.2) is 23.1 Å². The maximum absolute atomic E-state index is 12.6. The van der Waals surface area contributed by atoms with E-state index >= 15 is 0 Å². The molecule has 1 aliphatic rings. The fraction of sp³-hybridized carbons (Fsp3) is 0.500. The molecule has 0 bridgehead atoms. The Kier molecular flexibility index (Phi) is 3.60. The zero-order chi connectivity index (χ0) is 14.2. The van der Waals surface area contributed by atoms with Gasteiger partial charge in [0, 0.05) is 18.7 Å². The first kappa shape index (κ1) is 14.0. The van der Waals surface area contributed by atoms with Crippen LogP contribution < -0.4 is 0 Å². The van der Waals surface area contributed by atoms with Crippen LogP contribution in [0.4, 0.5) is 5.69 Å². The SMILES string of the molecule is CCN(C1CC1)S(=O)(=O)c1c(C)cccc1[N+](=O)[O-]. The summed E-state index contributed by atoms with van der Waals surface area (Å²) in [5.74, 6) is 0. The number of sulfonamides is 1. The summed E-state index contributed by atoms with van der Waals surface area (Å²) in [6.07, 6.45) is 1.65. The normalized spacial score (nSPS) is 15.7. The molecule has 1 saturated carbocycles. The van der Waals surface area contributed by atoms with E-state index in [0.29, 0.717) is 12.1 Å². The smallest absolute Gasteiger partial charge is 0.258 e. The van der Waals surface area contributed by atoms with Crippen LogP contribution in [0.5, 0.6) is 0 Å². The van der Waals surface area contributed by atoms with Crippen molar-refractivity contribution in [2.75, 3.05) is 6.54 Å². The van der Waals surface area contributed by atoms with Gasteiger partial charge in [0.15, 0.2) is 4.90 Å². The second-order valence-electron chi connectivity index (χ2n) is 4.62. The quantitative estimate of drug-likeness (QED) is 0.612. The molecule has 0 aliphatic heterocycles. The third kappa shape index (κ3) is 2.48. The zero-order valence-electron chi connectivity index (χ0n) is 10.9. The Balaban J connectivity index is 2.59. The fourth-order valence-corrected chi connectivity index (χ4v) is 4.28. The van der Waals surface area contributed by atoms with Gasteiger partial charge in [0.1, 0.15) is 0 Å². The average molecular weight is 284 g/mol. The van der Waals surface area contributed by atoms with Crippen molar-refractivity contribution in [3.05, 3.63) is 33.9 Å². The molecule has 104 valence electrons. The second-order valence-corrected chi connectivity index (χ2v) is 6.45. The molecule has 6 nitrogen and oxygen atoms in total. The minimum Gasteiger partial charge on any atom is -0.258 e. The van der Waals surface area contributed by atoms with Crippen molar-refractivity contribution >= 4 is 15.7 Å². The Bertz CT molecular complexity index is 608. The molecule has 1 aliphatic carbocycles. The largest absolute Gasteiger partial charge is 0.289 e. The lowest BCUT2D eigenvalue weighted by Gasteiger charge is -2.20. The highest BCUT2D eigenvalue weighted by Crippen LogP contribution is 2.36. The van der Waals surface area contributed by atoms with Crippen LogP contribution in [0, 0.1) is 17.0 Å². The Labute approximate surface area is 112 Å². The number of nitro groups is 1. The number of hydrogen-bond donors (Lipinski definition) is 0. The number of nitrogens with zero attached hydrogens (tertiary/aromatic N) is 2. The van der Waals surface area contributed by atoms with Crippen molar-refractivity contribution in [3.8, 4) is 0 Å². The summed E-state index contributed by atoms with van der Waals surface area (Å²) in [6, 6.07) is 4.32. The van der Waals surface area contributed by atoms with Gasteiger partial charge in [-0.25, -0.2) is 8.42 Å². The Morgan fingerprint density at radius 3 is 2.53 bits per heavy atom. The van der Waals surface area contributed by atoms with Gasteiger partial charge in [0.2, 0.25) is 10.0 Å². The van der Waals surface area contributed by atoms with E-state index in [1.807, 2.05) is 0 Å². The Morgan fingerprint density at radius 2 is 2.05 bits per heavy atom. The van der Waals surface area contributed by atoms with E-state index in [2.05, 4.69) is 0 Å². The topological polar surface area (TPSA) is 80.5 Å². The van der Waals surface area contributed by atoms with E-state index in [1.54, 1.807) is 19.9 Å². The van der Waals surface area contributed by atoms with E-state index in [0.717, 1.165) is 12.8 Å². The molecule has 0 aromatic heterocycles. The van der Waals surface area contributed by atoms with E-state index < -0.39 is 14.9 Å². The number of rotatable bonds is 5. The first-order valence-electron chi connectivity index (χ1n) is 6.15. The molecular weight excluding hydrogens is 268 g/mol. The third-order valence-corrected chi connectivity index (χ3v) is 5.44. The lowest BCUT2D eigenvalue weighted by Crippen LogP contribution is -2.33. The summed E-state index contributed by atoms with van der Waals surface area (Å²) < 4.78 is 26.6. The lowest BCUT2D eigenvalue weighted by atomic mass is 10.2. The number of nitro benzene ring substituents is 1. The van der Waals surface area contributed by atoms with Gasteiger partial charge >= 0.3 is 0 Å². The molecule has 1 fully saturated rings. The van der Waals surface area contributed by atoms with Gasteiger partial charge in [0.05, 0.1) is 4.92 Å². The average Bonchev–Trinajstić information content (AvgIpc) is 3.13. The first-order valence-corrected chi connectivity index (χ1v) is 7.59. The molecule has 0 saturated heterocycles. The van der Waals surface area contributed by atoms with E-state index in [4.69, 9.17) is 0 Å². The first-order chi connectivity index (χ1) is 8.89.